The van der Waals surface area contributed by atoms with Crippen molar-refractivity contribution in [3.05, 3.63) is 38.0 Å². The van der Waals surface area contributed by atoms with Gasteiger partial charge in [-0.15, -0.1) is 22.7 Å². The molecule has 0 aliphatic carbocycles. The van der Waals surface area contributed by atoms with E-state index >= 15 is 0 Å². The number of alkyl halides is 3. The second kappa shape index (κ2) is 9.23. The third-order valence-corrected chi connectivity index (χ3v) is 6.44. The van der Waals surface area contributed by atoms with E-state index in [0.717, 1.165) is 36.2 Å². The number of guanidine groups is 1. The highest BCUT2D eigenvalue weighted by Crippen LogP contribution is 2.30. The number of thiophene rings is 1. The van der Waals surface area contributed by atoms with Crippen LogP contribution in [-0.2, 0) is 25.7 Å². The molecule has 1 aliphatic rings. The predicted octanol–water partition coefficient (Wildman–Crippen LogP) is 3.73. The standard InChI is InChI=1S/C18H24F3N5S2/c1-3-22-17(24-9-16-25-15(11-28-16)18(19,20)21)23-8-12(2)26-6-4-14-13(10-26)5-7-27-14/h5,7,11-12H,3-4,6,8-10H2,1-2H3,(H2,22,23,24). The number of nitrogens with one attached hydrogen (secondary N) is 2. The normalized spacial score (nSPS) is 16.7. The first kappa shape index (κ1) is 21.1. The van der Waals surface area contributed by atoms with Crippen molar-refractivity contribution < 1.29 is 13.2 Å². The second-order valence-corrected chi connectivity index (χ2v) is 8.58. The topological polar surface area (TPSA) is 52.6 Å². The van der Waals surface area contributed by atoms with Crippen molar-refractivity contribution in [1.29, 1.82) is 0 Å². The fourth-order valence-electron chi connectivity index (χ4n) is 3.02. The molecule has 28 heavy (non-hydrogen) atoms. The summed E-state index contributed by atoms with van der Waals surface area (Å²) in [4.78, 5) is 11.9. The molecule has 0 aromatic carbocycles. The number of hydrogen-bond donors (Lipinski definition) is 2. The minimum absolute atomic E-state index is 0.117. The Labute approximate surface area is 170 Å². The van der Waals surface area contributed by atoms with E-state index < -0.39 is 11.9 Å². The molecule has 154 valence electrons. The Kier molecular flexibility index (Phi) is 6.95. The number of hydrogen-bond acceptors (Lipinski definition) is 5. The summed E-state index contributed by atoms with van der Waals surface area (Å²) in [5.41, 5.74) is 0.556. The molecule has 1 atom stereocenters. The van der Waals surface area contributed by atoms with Crippen molar-refractivity contribution in [2.75, 3.05) is 19.6 Å². The maximum absolute atomic E-state index is 12.7. The van der Waals surface area contributed by atoms with E-state index in [9.17, 15) is 13.2 Å². The van der Waals surface area contributed by atoms with E-state index in [0.29, 0.717) is 30.1 Å². The van der Waals surface area contributed by atoms with Crippen molar-refractivity contribution >= 4 is 28.6 Å². The van der Waals surface area contributed by atoms with E-state index in [-0.39, 0.29) is 6.54 Å². The van der Waals surface area contributed by atoms with Gasteiger partial charge in [0.1, 0.15) is 5.01 Å². The first-order chi connectivity index (χ1) is 13.4. The molecule has 0 bridgehead atoms. The number of aliphatic imine (C=N–C) groups is 1. The first-order valence-corrected chi connectivity index (χ1v) is 11.0. The Morgan fingerprint density at radius 3 is 2.89 bits per heavy atom. The van der Waals surface area contributed by atoms with Crippen LogP contribution >= 0.6 is 22.7 Å². The Morgan fingerprint density at radius 1 is 1.36 bits per heavy atom. The molecule has 0 radical (unpaired) electrons. The van der Waals surface area contributed by atoms with Crippen molar-refractivity contribution in [1.82, 2.24) is 20.5 Å². The molecule has 3 heterocycles. The number of aromatic nitrogens is 1. The highest BCUT2D eigenvalue weighted by atomic mass is 32.1. The summed E-state index contributed by atoms with van der Waals surface area (Å²) in [7, 11) is 0. The number of nitrogens with zero attached hydrogens (tertiary/aromatic N) is 3. The van der Waals surface area contributed by atoms with Gasteiger partial charge in [0.05, 0.1) is 6.54 Å². The highest BCUT2D eigenvalue weighted by Gasteiger charge is 2.33. The average Bonchev–Trinajstić information content (AvgIpc) is 3.31. The maximum Gasteiger partial charge on any atom is 0.434 e. The van der Waals surface area contributed by atoms with Gasteiger partial charge in [-0.1, -0.05) is 0 Å². The van der Waals surface area contributed by atoms with Crippen LogP contribution in [0.1, 0.15) is 35.0 Å². The van der Waals surface area contributed by atoms with E-state index in [1.54, 1.807) is 0 Å². The molecule has 5 nitrogen and oxygen atoms in total. The van der Waals surface area contributed by atoms with Gasteiger partial charge in [0.15, 0.2) is 11.7 Å². The van der Waals surface area contributed by atoms with Crippen LogP contribution in [0.5, 0.6) is 0 Å². The molecule has 2 aromatic rings. The van der Waals surface area contributed by atoms with Crippen molar-refractivity contribution in [3.8, 4) is 0 Å². The monoisotopic (exact) mass is 431 g/mol. The third-order valence-electron chi connectivity index (χ3n) is 4.58. The lowest BCUT2D eigenvalue weighted by Crippen LogP contribution is -2.47. The number of thiazole rings is 1. The van der Waals surface area contributed by atoms with Crippen molar-refractivity contribution in [2.24, 2.45) is 4.99 Å². The van der Waals surface area contributed by atoms with E-state index in [2.05, 4.69) is 43.9 Å². The summed E-state index contributed by atoms with van der Waals surface area (Å²) >= 11 is 2.80. The van der Waals surface area contributed by atoms with Crippen LogP contribution in [0, 0.1) is 0 Å². The Morgan fingerprint density at radius 2 is 2.18 bits per heavy atom. The molecule has 0 spiro atoms. The lowest BCUT2D eigenvalue weighted by molar-refractivity contribution is -0.140. The molecule has 0 amide bonds. The molecular formula is C18H24F3N5S2. The van der Waals surface area contributed by atoms with E-state index in [1.807, 2.05) is 18.3 Å². The van der Waals surface area contributed by atoms with Gasteiger partial charge in [-0.2, -0.15) is 13.2 Å². The van der Waals surface area contributed by atoms with E-state index in [4.69, 9.17) is 0 Å². The number of fused-ring (bicyclic) bond motifs is 1. The summed E-state index contributed by atoms with van der Waals surface area (Å²) in [6.07, 6.45) is -3.33. The van der Waals surface area contributed by atoms with Crippen LogP contribution in [0.4, 0.5) is 13.2 Å². The molecule has 2 N–H and O–H groups in total. The summed E-state index contributed by atoms with van der Waals surface area (Å²) in [5.74, 6) is 0.589. The minimum atomic E-state index is -4.41. The highest BCUT2D eigenvalue weighted by molar-refractivity contribution is 7.10. The van der Waals surface area contributed by atoms with Gasteiger partial charge in [0, 0.05) is 42.5 Å². The van der Waals surface area contributed by atoms with Gasteiger partial charge in [0.25, 0.3) is 0 Å². The average molecular weight is 432 g/mol. The smallest absolute Gasteiger partial charge is 0.357 e. The Hall–Kier alpha value is -1.65. The molecule has 3 rings (SSSR count). The van der Waals surface area contributed by atoms with Gasteiger partial charge in [-0.3, -0.25) is 4.90 Å². The molecule has 0 saturated heterocycles. The maximum atomic E-state index is 12.7. The van der Waals surface area contributed by atoms with Gasteiger partial charge in [-0.05, 0) is 37.3 Å². The number of halogens is 3. The molecular weight excluding hydrogens is 407 g/mol. The Balaban J connectivity index is 1.54. The Bertz CT molecular complexity index is 799. The van der Waals surface area contributed by atoms with Gasteiger partial charge < -0.3 is 10.6 Å². The van der Waals surface area contributed by atoms with E-state index in [1.165, 1.54) is 10.4 Å². The third kappa shape index (κ3) is 5.45. The largest absolute Gasteiger partial charge is 0.434 e. The second-order valence-electron chi connectivity index (χ2n) is 6.64. The zero-order chi connectivity index (χ0) is 20.1. The summed E-state index contributed by atoms with van der Waals surface area (Å²) in [5, 5.41) is 9.96. The fourth-order valence-corrected chi connectivity index (χ4v) is 4.64. The zero-order valence-corrected chi connectivity index (χ0v) is 17.5. The van der Waals surface area contributed by atoms with Gasteiger partial charge >= 0.3 is 6.18 Å². The van der Waals surface area contributed by atoms with Crippen LogP contribution in [0.15, 0.2) is 21.8 Å². The van der Waals surface area contributed by atoms with Crippen LogP contribution in [0.2, 0.25) is 0 Å². The van der Waals surface area contributed by atoms with Crippen molar-refractivity contribution in [2.45, 2.75) is 45.6 Å². The lowest BCUT2D eigenvalue weighted by Gasteiger charge is -2.32. The first-order valence-electron chi connectivity index (χ1n) is 9.20. The molecule has 0 saturated carbocycles. The molecule has 10 heteroatoms. The van der Waals surface area contributed by atoms with Crippen LogP contribution < -0.4 is 10.6 Å². The fraction of sp³-hybridized carbons (Fsp3) is 0.556. The molecule has 1 unspecified atom stereocenters. The van der Waals surface area contributed by atoms with Crippen LogP contribution in [0.3, 0.4) is 0 Å². The van der Waals surface area contributed by atoms with Gasteiger partial charge in [-0.25, -0.2) is 9.98 Å². The predicted molar refractivity (Wildman–Crippen MR) is 108 cm³/mol. The lowest BCUT2D eigenvalue weighted by atomic mass is 10.1. The van der Waals surface area contributed by atoms with Crippen molar-refractivity contribution in [3.63, 3.8) is 0 Å². The molecule has 2 aromatic heterocycles. The minimum Gasteiger partial charge on any atom is -0.357 e. The summed E-state index contributed by atoms with van der Waals surface area (Å²) < 4.78 is 38.0. The van der Waals surface area contributed by atoms with Gasteiger partial charge in [0.2, 0.25) is 0 Å². The quantitative estimate of drug-likeness (QED) is 0.541. The summed E-state index contributed by atoms with van der Waals surface area (Å²) in [6.45, 7) is 7.61. The zero-order valence-electron chi connectivity index (χ0n) is 15.8. The molecule has 0 fully saturated rings. The summed E-state index contributed by atoms with van der Waals surface area (Å²) in [6, 6.07) is 2.51. The number of rotatable bonds is 6. The van der Waals surface area contributed by atoms with Crippen LogP contribution in [-0.4, -0.2) is 41.5 Å². The van der Waals surface area contributed by atoms with Crippen LogP contribution in [0.25, 0.3) is 0 Å². The molecule has 1 aliphatic heterocycles. The SMILES string of the molecule is CCNC(=NCc1nc(C(F)(F)F)cs1)NCC(C)N1CCc2sccc2C1.